The predicted molar refractivity (Wildman–Crippen MR) is 117 cm³/mol. The van der Waals surface area contributed by atoms with E-state index in [9.17, 15) is 4.79 Å². The third-order valence-electron chi connectivity index (χ3n) is 7.12. The Morgan fingerprint density at radius 3 is 2.67 bits per heavy atom. The highest BCUT2D eigenvalue weighted by molar-refractivity contribution is 5.85. The zero-order chi connectivity index (χ0) is 20.7. The van der Waals surface area contributed by atoms with E-state index in [4.69, 9.17) is 4.98 Å². The quantitative estimate of drug-likeness (QED) is 0.760. The Hall–Kier alpha value is -2.18. The molecule has 162 valence electrons. The maximum atomic E-state index is 13.3. The van der Waals surface area contributed by atoms with Gasteiger partial charge in [0.2, 0.25) is 5.91 Å². The van der Waals surface area contributed by atoms with Crippen LogP contribution in [0.15, 0.2) is 6.33 Å². The second kappa shape index (κ2) is 8.16. The minimum absolute atomic E-state index is 0.0571. The number of piperidine rings is 2. The standard InChI is InChI=1S/C23H34N6O/c1-16-11-17(2)13-28(12-16)23(30)18-7-6-9-27(14-18)21-20-22(25-15-24-21)29-10-5-3-4-8-19(29)26-20/h15-18H,3-14H2,1-2H3/t16-,17-,18+/m1/s1. The monoisotopic (exact) mass is 410 g/mol. The lowest BCUT2D eigenvalue weighted by atomic mass is 9.89. The molecule has 0 spiro atoms. The summed E-state index contributed by atoms with van der Waals surface area (Å²) in [5, 5.41) is 0. The van der Waals surface area contributed by atoms with Crippen molar-refractivity contribution in [3.05, 3.63) is 12.2 Å². The summed E-state index contributed by atoms with van der Waals surface area (Å²) >= 11 is 0. The summed E-state index contributed by atoms with van der Waals surface area (Å²) in [4.78, 5) is 31.9. The molecule has 0 N–H and O–H groups in total. The molecule has 30 heavy (non-hydrogen) atoms. The smallest absolute Gasteiger partial charge is 0.227 e. The van der Waals surface area contributed by atoms with Gasteiger partial charge < -0.3 is 14.4 Å². The first-order valence-electron chi connectivity index (χ1n) is 11.8. The third-order valence-corrected chi connectivity index (χ3v) is 7.12. The molecular weight excluding hydrogens is 376 g/mol. The van der Waals surface area contributed by atoms with Crippen molar-refractivity contribution in [3.63, 3.8) is 0 Å². The van der Waals surface area contributed by atoms with E-state index >= 15 is 0 Å². The molecule has 0 saturated carbocycles. The molecule has 5 rings (SSSR count). The van der Waals surface area contributed by atoms with Crippen molar-refractivity contribution in [2.75, 3.05) is 31.1 Å². The zero-order valence-electron chi connectivity index (χ0n) is 18.4. The van der Waals surface area contributed by atoms with Crippen LogP contribution in [0.4, 0.5) is 5.82 Å². The fourth-order valence-electron chi connectivity index (χ4n) is 5.83. The molecule has 0 unspecified atom stereocenters. The Morgan fingerprint density at radius 2 is 1.83 bits per heavy atom. The number of imidazole rings is 1. The van der Waals surface area contributed by atoms with Crippen molar-refractivity contribution >= 4 is 22.9 Å². The lowest BCUT2D eigenvalue weighted by Crippen LogP contribution is -2.49. The van der Waals surface area contributed by atoms with E-state index in [2.05, 4.69) is 38.2 Å². The van der Waals surface area contributed by atoms with Crippen LogP contribution in [-0.2, 0) is 17.8 Å². The Bertz CT molecular complexity index is 914. The largest absolute Gasteiger partial charge is 0.354 e. The number of anilines is 1. The molecule has 3 aliphatic rings. The summed E-state index contributed by atoms with van der Waals surface area (Å²) in [6.45, 7) is 9.02. The maximum absolute atomic E-state index is 13.3. The van der Waals surface area contributed by atoms with E-state index in [0.717, 1.165) is 74.8 Å². The first-order chi connectivity index (χ1) is 14.6. The van der Waals surface area contributed by atoms with Crippen molar-refractivity contribution in [2.45, 2.75) is 65.3 Å². The molecule has 5 heterocycles. The fourth-order valence-corrected chi connectivity index (χ4v) is 5.83. The second-order valence-corrected chi connectivity index (χ2v) is 9.83. The molecule has 2 aromatic heterocycles. The Labute approximate surface area is 178 Å². The Kier molecular flexibility index (Phi) is 5.37. The van der Waals surface area contributed by atoms with Crippen LogP contribution < -0.4 is 4.90 Å². The lowest BCUT2D eigenvalue weighted by Gasteiger charge is -2.39. The summed E-state index contributed by atoms with van der Waals surface area (Å²) in [5.74, 6) is 3.65. The molecule has 0 bridgehead atoms. The van der Waals surface area contributed by atoms with Crippen molar-refractivity contribution in [2.24, 2.45) is 17.8 Å². The number of carbonyl (C=O) groups is 1. The number of rotatable bonds is 2. The van der Waals surface area contributed by atoms with Gasteiger partial charge in [0.15, 0.2) is 17.0 Å². The molecule has 1 amide bonds. The van der Waals surface area contributed by atoms with Crippen LogP contribution in [-0.4, -0.2) is 56.5 Å². The van der Waals surface area contributed by atoms with Gasteiger partial charge in [-0.1, -0.05) is 20.3 Å². The number of carbonyl (C=O) groups excluding carboxylic acids is 1. The molecule has 0 aromatic carbocycles. The molecule has 3 atom stereocenters. The Balaban J connectivity index is 1.38. The molecule has 3 aliphatic heterocycles. The average molecular weight is 411 g/mol. The van der Waals surface area contributed by atoms with Crippen LogP contribution >= 0.6 is 0 Å². The highest BCUT2D eigenvalue weighted by atomic mass is 16.2. The van der Waals surface area contributed by atoms with Crippen LogP contribution in [0.2, 0.25) is 0 Å². The van der Waals surface area contributed by atoms with Crippen LogP contribution in [0, 0.1) is 17.8 Å². The van der Waals surface area contributed by atoms with Gasteiger partial charge in [-0.2, -0.15) is 0 Å². The molecule has 0 aliphatic carbocycles. The van der Waals surface area contributed by atoms with Crippen molar-refractivity contribution in [3.8, 4) is 0 Å². The van der Waals surface area contributed by atoms with E-state index in [-0.39, 0.29) is 5.92 Å². The number of likely N-dealkylation sites (tertiary alicyclic amines) is 1. The summed E-state index contributed by atoms with van der Waals surface area (Å²) in [6, 6.07) is 0. The predicted octanol–water partition coefficient (Wildman–Crippen LogP) is 3.27. The highest BCUT2D eigenvalue weighted by Gasteiger charge is 2.34. The highest BCUT2D eigenvalue weighted by Crippen LogP contribution is 2.31. The van der Waals surface area contributed by atoms with E-state index < -0.39 is 0 Å². The van der Waals surface area contributed by atoms with E-state index in [1.807, 2.05) is 0 Å². The number of hydrogen-bond donors (Lipinski definition) is 0. The SMILES string of the molecule is C[C@@H]1C[C@@H](C)CN(C(=O)[C@H]2CCCN(c3ncnc4c3nc3n4CCCCC3)C2)C1. The van der Waals surface area contributed by atoms with Gasteiger partial charge in [0.05, 0.1) is 5.92 Å². The maximum Gasteiger partial charge on any atom is 0.227 e. The number of fused-ring (bicyclic) bond motifs is 3. The second-order valence-electron chi connectivity index (χ2n) is 9.83. The van der Waals surface area contributed by atoms with Crippen LogP contribution in [0.25, 0.3) is 11.2 Å². The van der Waals surface area contributed by atoms with Gasteiger partial charge >= 0.3 is 0 Å². The normalized spacial score (nSPS) is 27.7. The minimum Gasteiger partial charge on any atom is -0.354 e. The van der Waals surface area contributed by atoms with Gasteiger partial charge in [-0.25, -0.2) is 15.0 Å². The van der Waals surface area contributed by atoms with Crippen molar-refractivity contribution in [1.29, 1.82) is 0 Å². The molecule has 2 aromatic rings. The average Bonchev–Trinajstić information content (AvgIpc) is 2.93. The van der Waals surface area contributed by atoms with Crippen LogP contribution in [0.3, 0.4) is 0 Å². The van der Waals surface area contributed by atoms with Gasteiger partial charge in [-0.15, -0.1) is 0 Å². The van der Waals surface area contributed by atoms with Gasteiger partial charge in [-0.05, 0) is 43.9 Å². The van der Waals surface area contributed by atoms with Crippen LogP contribution in [0.5, 0.6) is 0 Å². The number of aromatic nitrogens is 4. The van der Waals surface area contributed by atoms with Gasteiger partial charge in [0, 0.05) is 39.1 Å². The molecule has 7 heteroatoms. The molecule has 2 fully saturated rings. The summed E-state index contributed by atoms with van der Waals surface area (Å²) < 4.78 is 2.29. The Morgan fingerprint density at radius 1 is 1.00 bits per heavy atom. The fraction of sp³-hybridized carbons (Fsp3) is 0.739. The topological polar surface area (TPSA) is 67.2 Å². The minimum atomic E-state index is 0.0571. The van der Waals surface area contributed by atoms with Gasteiger partial charge in [0.1, 0.15) is 12.2 Å². The lowest BCUT2D eigenvalue weighted by molar-refractivity contribution is -0.138. The van der Waals surface area contributed by atoms with Gasteiger partial charge in [-0.3, -0.25) is 4.79 Å². The van der Waals surface area contributed by atoms with E-state index in [1.165, 1.54) is 25.7 Å². The van der Waals surface area contributed by atoms with Crippen LogP contribution in [0.1, 0.15) is 58.2 Å². The number of amides is 1. The number of hydrogen-bond acceptors (Lipinski definition) is 5. The van der Waals surface area contributed by atoms with E-state index in [0.29, 0.717) is 17.7 Å². The molecule has 0 radical (unpaired) electrons. The first-order valence-corrected chi connectivity index (χ1v) is 11.8. The zero-order valence-corrected chi connectivity index (χ0v) is 18.4. The number of aryl methyl sites for hydroxylation is 2. The molecular formula is C23H34N6O. The summed E-state index contributed by atoms with van der Waals surface area (Å²) in [6.07, 6.45) is 9.55. The van der Waals surface area contributed by atoms with Gasteiger partial charge in [0.25, 0.3) is 0 Å². The molecule has 7 nitrogen and oxygen atoms in total. The third kappa shape index (κ3) is 3.67. The molecule has 2 saturated heterocycles. The van der Waals surface area contributed by atoms with Crippen molar-refractivity contribution < 1.29 is 4.79 Å². The first kappa shape index (κ1) is 19.8. The summed E-state index contributed by atoms with van der Waals surface area (Å²) in [7, 11) is 0. The summed E-state index contributed by atoms with van der Waals surface area (Å²) in [5.41, 5.74) is 1.88. The van der Waals surface area contributed by atoms with Crippen molar-refractivity contribution in [1.82, 2.24) is 24.4 Å². The van der Waals surface area contributed by atoms with E-state index in [1.54, 1.807) is 6.33 Å². The number of nitrogens with zero attached hydrogens (tertiary/aromatic N) is 6.